The van der Waals surface area contributed by atoms with Crippen LogP contribution in [0.4, 0.5) is 11.4 Å². The molecule has 1 N–H and O–H groups in total. The van der Waals surface area contributed by atoms with Gasteiger partial charge in [-0.3, -0.25) is 0 Å². The van der Waals surface area contributed by atoms with Crippen LogP contribution in [-0.4, -0.2) is 61.2 Å². The average molecular weight is 396 g/mol. The molecule has 0 aromatic heterocycles. The lowest BCUT2D eigenvalue weighted by Gasteiger charge is -2.38. The lowest BCUT2D eigenvalue weighted by Crippen LogP contribution is -2.53. The summed E-state index contributed by atoms with van der Waals surface area (Å²) < 4.78 is 18.8. The summed E-state index contributed by atoms with van der Waals surface area (Å²) in [4.78, 5) is 4.76. The third-order valence-corrected chi connectivity index (χ3v) is 6.06. The van der Waals surface area contributed by atoms with E-state index in [4.69, 9.17) is 14.2 Å². The predicted octanol–water partition coefficient (Wildman–Crippen LogP) is 2.62. The van der Waals surface area contributed by atoms with Gasteiger partial charge in [-0.25, -0.2) is 0 Å². The van der Waals surface area contributed by atoms with Crippen molar-refractivity contribution in [2.45, 2.75) is 50.2 Å². The molecule has 154 valence electrons. The first-order valence-corrected chi connectivity index (χ1v) is 10.3. The smallest absolute Gasteiger partial charge is 0.164 e. The fraction of sp³-hybridized carbons (Fsp3) is 0.478. The Balaban J connectivity index is 1.54. The molecule has 3 aliphatic rings. The highest BCUT2D eigenvalue weighted by atomic mass is 16.8. The minimum Gasteiger partial charge on any atom is -0.394 e. The number of rotatable bonds is 4. The molecule has 0 amide bonds. The van der Waals surface area contributed by atoms with E-state index in [1.807, 2.05) is 26.0 Å². The molecule has 0 saturated carbocycles. The number of fused-ring (bicyclic) bond motifs is 1. The number of para-hydroxylation sites is 2. The zero-order valence-corrected chi connectivity index (χ0v) is 16.8. The summed E-state index contributed by atoms with van der Waals surface area (Å²) in [5.74, 6) is -0.682. The summed E-state index contributed by atoms with van der Waals surface area (Å²) in [6.07, 6.45) is -1.19. The molecule has 0 bridgehead atoms. The molecule has 4 atom stereocenters. The Hall–Kier alpha value is -2.12. The number of aliphatic hydroxyl groups is 1. The van der Waals surface area contributed by atoms with Crippen LogP contribution in [0.15, 0.2) is 60.7 Å². The Labute approximate surface area is 171 Å². The highest BCUT2D eigenvalue weighted by Crippen LogP contribution is 2.43. The SMILES string of the molecule is CC1(C)O[C@@H]2[C@H](O1)[C@@H](CO)O[C@H]2C1N(c2ccccc2)CCN1c1ccccc1. The predicted molar refractivity (Wildman–Crippen MR) is 111 cm³/mol. The highest BCUT2D eigenvalue weighted by molar-refractivity contribution is 5.57. The van der Waals surface area contributed by atoms with Crippen molar-refractivity contribution in [3.05, 3.63) is 60.7 Å². The van der Waals surface area contributed by atoms with E-state index in [2.05, 4.69) is 58.3 Å². The summed E-state index contributed by atoms with van der Waals surface area (Å²) in [5, 5.41) is 9.92. The Morgan fingerprint density at radius 2 is 1.34 bits per heavy atom. The standard InChI is InChI=1S/C23H28N2O4/c1-23(2)28-19-18(15-26)27-21(20(19)29-23)22-24(16-9-5-3-6-10-16)13-14-25(22)17-11-7-4-8-12-17/h3-12,18-22,26H,13-15H2,1-2H3/t18-,19-,20-,21-/m1/s1. The molecule has 0 unspecified atom stereocenters. The van der Waals surface area contributed by atoms with Crippen LogP contribution in [0.1, 0.15) is 13.8 Å². The van der Waals surface area contributed by atoms with Crippen LogP contribution in [0.2, 0.25) is 0 Å². The molecular formula is C23H28N2O4. The fourth-order valence-electron chi connectivity index (χ4n) is 4.91. The maximum absolute atomic E-state index is 9.92. The van der Waals surface area contributed by atoms with Gasteiger partial charge in [0.1, 0.15) is 30.6 Å². The molecule has 5 rings (SSSR count). The third-order valence-electron chi connectivity index (χ3n) is 6.06. The summed E-state index contributed by atoms with van der Waals surface area (Å²) in [7, 11) is 0. The van der Waals surface area contributed by atoms with Crippen LogP contribution in [0, 0.1) is 0 Å². The summed E-state index contributed by atoms with van der Waals surface area (Å²) in [6.45, 7) is 5.54. The lowest BCUT2D eigenvalue weighted by molar-refractivity contribution is -0.191. The molecule has 0 spiro atoms. The number of benzene rings is 2. The van der Waals surface area contributed by atoms with Crippen molar-refractivity contribution in [1.82, 2.24) is 0 Å². The molecule has 3 fully saturated rings. The van der Waals surface area contributed by atoms with Crippen molar-refractivity contribution in [2.24, 2.45) is 0 Å². The first kappa shape index (κ1) is 18.9. The van der Waals surface area contributed by atoms with Crippen LogP contribution in [-0.2, 0) is 14.2 Å². The highest BCUT2D eigenvalue weighted by Gasteiger charge is 2.59. The number of hydrogen-bond donors (Lipinski definition) is 1. The van der Waals surface area contributed by atoms with Crippen LogP contribution < -0.4 is 9.80 Å². The largest absolute Gasteiger partial charge is 0.394 e. The Morgan fingerprint density at radius 3 is 1.86 bits per heavy atom. The van der Waals surface area contributed by atoms with Gasteiger partial charge >= 0.3 is 0 Å². The van der Waals surface area contributed by atoms with Gasteiger partial charge in [-0.2, -0.15) is 0 Å². The van der Waals surface area contributed by atoms with E-state index >= 15 is 0 Å². The van der Waals surface area contributed by atoms with Crippen molar-refractivity contribution < 1.29 is 19.3 Å². The van der Waals surface area contributed by atoms with E-state index in [1.54, 1.807) is 0 Å². The molecule has 2 aromatic carbocycles. The molecule has 29 heavy (non-hydrogen) atoms. The molecule has 3 aliphatic heterocycles. The third kappa shape index (κ3) is 3.30. The Bertz CT molecular complexity index is 784. The van der Waals surface area contributed by atoms with Gasteiger partial charge in [0.15, 0.2) is 5.79 Å². The first-order valence-electron chi connectivity index (χ1n) is 10.3. The topological polar surface area (TPSA) is 54.4 Å². The molecular weight excluding hydrogens is 368 g/mol. The van der Waals surface area contributed by atoms with Crippen molar-refractivity contribution >= 4 is 11.4 Å². The molecule has 2 aromatic rings. The summed E-state index contributed by atoms with van der Waals surface area (Å²) in [5.41, 5.74) is 2.31. The zero-order chi connectivity index (χ0) is 20.0. The van der Waals surface area contributed by atoms with E-state index in [9.17, 15) is 5.11 Å². The molecule has 3 saturated heterocycles. The van der Waals surface area contributed by atoms with Gasteiger partial charge in [-0.15, -0.1) is 0 Å². The van der Waals surface area contributed by atoms with E-state index < -0.39 is 5.79 Å². The van der Waals surface area contributed by atoms with Crippen LogP contribution in [0.5, 0.6) is 0 Å². The average Bonchev–Trinajstić information content (AvgIpc) is 3.39. The van der Waals surface area contributed by atoms with Crippen LogP contribution >= 0.6 is 0 Å². The molecule has 6 heteroatoms. The van der Waals surface area contributed by atoms with E-state index in [0.29, 0.717) is 0 Å². The van der Waals surface area contributed by atoms with Gasteiger partial charge in [0, 0.05) is 24.5 Å². The van der Waals surface area contributed by atoms with Crippen molar-refractivity contribution in [3.63, 3.8) is 0 Å². The lowest BCUT2D eigenvalue weighted by atomic mass is 10.0. The fourth-order valence-corrected chi connectivity index (χ4v) is 4.91. The number of hydrogen-bond acceptors (Lipinski definition) is 6. The van der Waals surface area contributed by atoms with E-state index in [-0.39, 0.29) is 37.2 Å². The molecule has 0 radical (unpaired) electrons. The number of anilines is 2. The van der Waals surface area contributed by atoms with Crippen LogP contribution in [0.25, 0.3) is 0 Å². The maximum atomic E-state index is 9.92. The zero-order valence-electron chi connectivity index (χ0n) is 16.8. The second kappa shape index (κ2) is 7.29. The second-order valence-electron chi connectivity index (χ2n) is 8.36. The number of ether oxygens (including phenoxy) is 3. The van der Waals surface area contributed by atoms with E-state index in [0.717, 1.165) is 24.5 Å². The van der Waals surface area contributed by atoms with Gasteiger partial charge in [0.2, 0.25) is 0 Å². The van der Waals surface area contributed by atoms with E-state index in [1.165, 1.54) is 0 Å². The second-order valence-corrected chi connectivity index (χ2v) is 8.36. The van der Waals surface area contributed by atoms with Gasteiger partial charge in [-0.1, -0.05) is 36.4 Å². The number of aliphatic hydroxyl groups excluding tert-OH is 1. The molecule has 3 heterocycles. The quantitative estimate of drug-likeness (QED) is 0.858. The Kier molecular flexibility index (Phi) is 4.75. The number of nitrogens with zero attached hydrogens (tertiary/aromatic N) is 2. The van der Waals surface area contributed by atoms with Gasteiger partial charge in [0.25, 0.3) is 0 Å². The van der Waals surface area contributed by atoms with Gasteiger partial charge < -0.3 is 29.1 Å². The minimum absolute atomic E-state index is 0.0543. The minimum atomic E-state index is -0.682. The van der Waals surface area contributed by atoms with Crippen LogP contribution in [0.3, 0.4) is 0 Å². The monoisotopic (exact) mass is 396 g/mol. The normalized spacial score (nSPS) is 31.4. The van der Waals surface area contributed by atoms with Gasteiger partial charge in [-0.05, 0) is 38.1 Å². The molecule has 6 nitrogen and oxygen atoms in total. The maximum Gasteiger partial charge on any atom is 0.164 e. The van der Waals surface area contributed by atoms with Gasteiger partial charge in [0.05, 0.1) is 6.61 Å². The molecule has 0 aliphatic carbocycles. The van der Waals surface area contributed by atoms with Crippen molar-refractivity contribution in [3.8, 4) is 0 Å². The first-order chi connectivity index (χ1) is 14.1. The summed E-state index contributed by atoms with van der Waals surface area (Å²) in [6, 6.07) is 20.8. The van der Waals surface area contributed by atoms with Crippen molar-refractivity contribution in [2.75, 3.05) is 29.5 Å². The Morgan fingerprint density at radius 1 is 0.828 bits per heavy atom. The summed E-state index contributed by atoms with van der Waals surface area (Å²) >= 11 is 0. The van der Waals surface area contributed by atoms with Crippen molar-refractivity contribution in [1.29, 1.82) is 0 Å².